The van der Waals surface area contributed by atoms with Gasteiger partial charge in [0.25, 0.3) is 16.3 Å². The second-order valence-corrected chi connectivity index (χ2v) is 11.6. The molecule has 2 aromatic carbocycles. The van der Waals surface area contributed by atoms with Gasteiger partial charge >= 0.3 is 18.2 Å². The fourth-order valence-electron chi connectivity index (χ4n) is 4.36. The molecule has 18 heteroatoms. The molecule has 5 rings (SSSR count). The average molecular weight is 641 g/mol. The van der Waals surface area contributed by atoms with Crippen LogP contribution in [0, 0.1) is 6.92 Å². The summed E-state index contributed by atoms with van der Waals surface area (Å²) in [5, 5.41) is 6.27. The van der Waals surface area contributed by atoms with E-state index < -0.39 is 46.4 Å². The second-order valence-electron chi connectivity index (χ2n) is 9.87. The summed E-state index contributed by atoms with van der Waals surface area (Å²) < 4.78 is 84.2. The lowest BCUT2D eigenvalue weighted by atomic mass is 10.1. The molecule has 2 aromatic heterocycles. The minimum atomic E-state index is -4.70. The number of carbonyl (C=O) groups excluding carboxylic acids is 2. The van der Waals surface area contributed by atoms with Crippen LogP contribution >= 0.6 is 0 Å². The standard InChI is InChI=1S/C26H27F3N6O8S/c1-16-4-6-19(7-5-16)23-14-24(26(27,28)29)30-33(23)20-8-10-22(11-9-20)44(38,39)31-25(37)41-21-12-13-32(15-21)34-35(43-34)42-18(3)40-17(2)36/h4-11,14,18,21H,12-13,15H2,1-3H3,(H,31,37). The number of benzene rings is 2. The van der Waals surface area contributed by atoms with Crippen LogP contribution in [-0.2, 0) is 30.5 Å². The summed E-state index contributed by atoms with van der Waals surface area (Å²) in [6.07, 6.45) is -7.17. The van der Waals surface area contributed by atoms with Crippen molar-refractivity contribution in [2.24, 2.45) is 0 Å². The Morgan fingerprint density at radius 2 is 1.80 bits per heavy atom. The van der Waals surface area contributed by atoms with E-state index in [1.807, 2.05) is 11.6 Å². The van der Waals surface area contributed by atoms with Crippen LogP contribution < -0.4 is 14.6 Å². The van der Waals surface area contributed by atoms with Crippen LogP contribution in [0.2, 0.25) is 0 Å². The number of nitrogens with one attached hydrogen (secondary N) is 1. The molecule has 4 aromatic rings. The molecule has 14 nitrogen and oxygen atoms in total. The van der Waals surface area contributed by atoms with Gasteiger partial charge in [-0.3, -0.25) is 9.80 Å². The molecule has 0 aliphatic carbocycles. The molecule has 236 valence electrons. The van der Waals surface area contributed by atoms with Crippen molar-refractivity contribution in [3.8, 4) is 16.9 Å². The third-order valence-corrected chi connectivity index (χ3v) is 7.75. The van der Waals surface area contributed by atoms with Gasteiger partial charge < -0.3 is 14.3 Å². The molecule has 1 fully saturated rings. The number of halogens is 3. The number of aromatic nitrogens is 4. The summed E-state index contributed by atoms with van der Waals surface area (Å²) in [6, 6.07) is 12.6. The van der Waals surface area contributed by atoms with Crippen molar-refractivity contribution in [1.29, 1.82) is 0 Å². The van der Waals surface area contributed by atoms with Crippen molar-refractivity contribution in [2.75, 3.05) is 18.1 Å². The second kappa shape index (κ2) is 11.7. The third kappa shape index (κ3) is 7.01. The number of alkyl halides is 3. The van der Waals surface area contributed by atoms with Crippen LogP contribution in [0.25, 0.3) is 16.9 Å². The molecule has 1 aliphatic heterocycles. The summed E-state index contributed by atoms with van der Waals surface area (Å²) in [5.74, 6) is -0.540. The zero-order valence-electron chi connectivity index (χ0n) is 23.5. The van der Waals surface area contributed by atoms with Crippen LogP contribution in [-0.4, -0.2) is 65.7 Å². The number of carbonyl (C=O) groups is 2. The number of esters is 1. The first-order valence-corrected chi connectivity index (χ1v) is 14.6. The Morgan fingerprint density at radius 1 is 1.11 bits per heavy atom. The van der Waals surface area contributed by atoms with Gasteiger partial charge in [-0.25, -0.2) is 22.6 Å². The van der Waals surface area contributed by atoms with Crippen molar-refractivity contribution in [3.05, 3.63) is 65.9 Å². The molecule has 1 saturated heterocycles. The summed E-state index contributed by atoms with van der Waals surface area (Å²) in [5.41, 5.74) is 0.608. The highest BCUT2D eigenvalue weighted by molar-refractivity contribution is 7.90. The van der Waals surface area contributed by atoms with Gasteiger partial charge in [-0.1, -0.05) is 29.8 Å². The number of nitrogens with zero attached hydrogens (tertiary/aromatic N) is 5. The summed E-state index contributed by atoms with van der Waals surface area (Å²) in [6.45, 7) is 5.08. The fourth-order valence-corrected chi connectivity index (χ4v) is 5.24. The maximum absolute atomic E-state index is 13.5. The predicted octanol–water partition coefficient (Wildman–Crippen LogP) is 3.23. The van der Waals surface area contributed by atoms with Crippen LogP contribution in [0.15, 0.2) is 64.1 Å². The molecule has 0 radical (unpaired) electrons. The molecular formula is C26H27F3N6O8S. The van der Waals surface area contributed by atoms with E-state index in [9.17, 15) is 31.2 Å². The highest BCUT2D eigenvalue weighted by Crippen LogP contribution is 2.33. The zero-order chi connectivity index (χ0) is 31.8. The summed E-state index contributed by atoms with van der Waals surface area (Å²) in [4.78, 5) is 29.5. The first kappa shape index (κ1) is 30.6. The minimum absolute atomic E-state index is 0.150. The highest BCUT2D eigenvalue weighted by Gasteiger charge is 2.36. The molecule has 3 heterocycles. The first-order valence-electron chi connectivity index (χ1n) is 13.1. The number of hydrogen-bond acceptors (Lipinski definition) is 10. The number of amides is 1. The van der Waals surface area contributed by atoms with Gasteiger partial charge in [-0.15, -0.1) is 0 Å². The minimum Gasteiger partial charge on any atom is -0.444 e. The normalized spacial score (nSPS) is 16.1. The maximum Gasteiger partial charge on any atom is 0.435 e. The highest BCUT2D eigenvalue weighted by atomic mass is 32.2. The maximum atomic E-state index is 13.5. The first-order chi connectivity index (χ1) is 20.7. The Balaban J connectivity index is 1.22. The van der Waals surface area contributed by atoms with E-state index in [0.29, 0.717) is 18.5 Å². The van der Waals surface area contributed by atoms with Gasteiger partial charge in [0.05, 0.1) is 22.8 Å². The van der Waals surface area contributed by atoms with Crippen LogP contribution in [0.4, 0.5) is 18.0 Å². The van der Waals surface area contributed by atoms with Crippen molar-refractivity contribution in [1.82, 2.24) is 24.5 Å². The SMILES string of the molecule is CC(=O)OC(C)On1on1N1CCC(OC(=O)NS(=O)(=O)c2ccc(-n3nc(C(F)(F)F)cc3-c3ccc(C)cc3)cc2)C1. The van der Waals surface area contributed by atoms with Gasteiger partial charge in [0, 0.05) is 37.3 Å². The molecule has 1 amide bonds. The Hall–Kier alpha value is -4.87. The topological polar surface area (TPSA) is 152 Å². The molecule has 2 unspecified atom stereocenters. The number of rotatable bonds is 9. The van der Waals surface area contributed by atoms with Gasteiger partial charge in [-0.2, -0.15) is 22.9 Å². The average Bonchev–Trinajstić information content (AvgIpc) is 3.31. The smallest absolute Gasteiger partial charge is 0.435 e. The lowest BCUT2D eigenvalue weighted by Gasteiger charge is -2.14. The predicted molar refractivity (Wildman–Crippen MR) is 144 cm³/mol. The van der Waals surface area contributed by atoms with E-state index in [1.54, 1.807) is 29.3 Å². The summed E-state index contributed by atoms with van der Waals surface area (Å²) >= 11 is 0. The van der Waals surface area contributed by atoms with E-state index in [-0.39, 0.29) is 22.8 Å². The van der Waals surface area contributed by atoms with Gasteiger partial charge in [-0.05, 0) is 37.3 Å². The largest absolute Gasteiger partial charge is 0.444 e. The van der Waals surface area contributed by atoms with Gasteiger partial charge in [0.15, 0.2) is 5.69 Å². The molecule has 44 heavy (non-hydrogen) atoms. The molecule has 1 aliphatic rings. The van der Waals surface area contributed by atoms with Crippen LogP contribution in [0.5, 0.6) is 0 Å². The van der Waals surface area contributed by atoms with Gasteiger partial charge in [0.2, 0.25) is 0 Å². The number of aryl methyl sites for hydroxylation is 1. The molecule has 0 bridgehead atoms. The third-order valence-electron chi connectivity index (χ3n) is 6.42. The van der Waals surface area contributed by atoms with Crippen molar-refractivity contribution < 1.29 is 50.1 Å². The zero-order valence-corrected chi connectivity index (χ0v) is 24.3. The quantitative estimate of drug-likeness (QED) is 0.213. The number of sulfonamides is 1. The Labute approximate surface area is 248 Å². The fraction of sp³-hybridized carbons (Fsp3) is 0.346. The summed E-state index contributed by atoms with van der Waals surface area (Å²) in [7, 11) is -4.39. The van der Waals surface area contributed by atoms with E-state index >= 15 is 0 Å². The lowest BCUT2D eigenvalue weighted by Crippen LogP contribution is -2.37. The molecule has 2 atom stereocenters. The monoisotopic (exact) mass is 640 g/mol. The molecule has 0 saturated carbocycles. The number of hydrogen-bond donors (Lipinski definition) is 1. The van der Waals surface area contributed by atoms with Crippen LogP contribution in [0.3, 0.4) is 0 Å². The van der Waals surface area contributed by atoms with Gasteiger partial charge in [0.1, 0.15) is 11.1 Å². The van der Waals surface area contributed by atoms with Crippen molar-refractivity contribution >= 4 is 22.1 Å². The Morgan fingerprint density at radius 3 is 2.43 bits per heavy atom. The molecule has 1 N–H and O–H groups in total. The molecule has 0 spiro atoms. The van der Waals surface area contributed by atoms with Crippen LogP contribution in [0.1, 0.15) is 31.5 Å². The van der Waals surface area contributed by atoms with E-state index in [4.69, 9.17) is 18.9 Å². The number of ether oxygens (including phenoxy) is 2. The Bertz CT molecular complexity index is 1740. The molecular weight excluding hydrogens is 613 g/mol. The van der Waals surface area contributed by atoms with Crippen molar-refractivity contribution in [3.63, 3.8) is 0 Å². The van der Waals surface area contributed by atoms with E-state index in [1.165, 1.54) is 30.9 Å². The lowest BCUT2D eigenvalue weighted by molar-refractivity contribution is -0.178. The Kier molecular flexibility index (Phi) is 8.11. The van der Waals surface area contributed by atoms with E-state index in [0.717, 1.165) is 33.5 Å². The van der Waals surface area contributed by atoms with Crippen molar-refractivity contribution in [2.45, 2.75) is 50.7 Å². The van der Waals surface area contributed by atoms with E-state index in [2.05, 4.69) is 5.10 Å².